The fourth-order valence-corrected chi connectivity index (χ4v) is 2.11. The Labute approximate surface area is 115 Å². The van der Waals surface area contributed by atoms with Crippen molar-refractivity contribution in [1.82, 2.24) is 4.31 Å². The van der Waals surface area contributed by atoms with Crippen molar-refractivity contribution in [2.45, 2.75) is 13.3 Å². The molecular formula is C13H19N3O2S. The van der Waals surface area contributed by atoms with Gasteiger partial charge in [-0.1, -0.05) is 18.8 Å². The molecule has 0 atom stereocenters. The summed E-state index contributed by atoms with van der Waals surface area (Å²) in [6.07, 6.45) is 0.712. The average Bonchev–Trinajstić information content (AvgIpc) is 2.37. The van der Waals surface area contributed by atoms with Crippen molar-refractivity contribution < 1.29 is 8.42 Å². The molecule has 6 heteroatoms. The predicted molar refractivity (Wildman–Crippen MR) is 78.0 cm³/mol. The summed E-state index contributed by atoms with van der Waals surface area (Å²) < 4.78 is 27.3. The van der Waals surface area contributed by atoms with E-state index < -0.39 is 10.2 Å². The third-order valence-corrected chi connectivity index (χ3v) is 3.98. The molecule has 0 amide bonds. The minimum atomic E-state index is -3.49. The summed E-state index contributed by atoms with van der Waals surface area (Å²) in [4.78, 5) is 0. The Bertz CT molecular complexity index is 598. The molecule has 0 spiro atoms. The second kappa shape index (κ2) is 6.57. The van der Waals surface area contributed by atoms with E-state index in [1.807, 2.05) is 13.0 Å². The van der Waals surface area contributed by atoms with Gasteiger partial charge < -0.3 is 5.73 Å². The van der Waals surface area contributed by atoms with E-state index in [0.717, 1.165) is 15.4 Å². The zero-order chi connectivity index (χ0) is 14.5. The van der Waals surface area contributed by atoms with Crippen LogP contribution in [0.5, 0.6) is 0 Å². The van der Waals surface area contributed by atoms with Gasteiger partial charge in [-0.3, -0.25) is 4.72 Å². The molecule has 0 bridgehead atoms. The number of nitrogens with zero attached hydrogens (tertiary/aromatic N) is 1. The van der Waals surface area contributed by atoms with Gasteiger partial charge in [-0.2, -0.15) is 12.7 Å². The van der Waals surface area contributed by atoms with Crippen LogP contribution < -0.4 is 10.5 Å². The van der Waals surface area contributed by atoms with Gasteiger partial charge in [0.25, 0.3) is 0 Å². The lowest BCUT2D eigenvalue weighted by Crippen LogP contribution is -2.29. The molecular weight excluding hydrogens is 262 g/mol. The van der Waals surface area contributed by atoms with Crippen LogP contribution >= 0.6 is 0 Å². The first kappa shape index (κ1) is 15.5. The summed E-state index contributed by atoms with van der Waals surface area (Å²) in [5.74, 6) is 5.70. The number of nitrogens with one attached hydrogen (secondary N) is 1. The van der Waals surface area contributed by atoms with Crippen LogP contribution in [0.15, 0.2) is 18.2 Å². The normalized spacial score (nSPS) is 11.0. The van der Waals surface area contributed by atoms with Gasteiger partial charge in [-0.25, -0.2) is 0 Å². The third-order valence-electron chi connectivity index (χ3n) is 2.54. The molecule has 0 aliphatic heterocycles. The number of benzene rings is 1. The molecule has 0 unspecified atom stereocenters. The predicted octanol–water partition coefficient (Wildman–Crippen LogP) is 0.778. The maximum Gasteiger partial charge on any atom is 0.301 e. The van der Waals surface area contributed by atoms with Crippen molar-refractivity contribution in [3.8, 4) is 11.8 Å². The molecule has 19 heavy (non-hydrogen) atoms. The van der Waals surface area contributed by atoms with Gasteiger partial charge >= 0.3 is 10.2 Å². The van der Waals surface area contributed by atoms with Crippen molar-refractivity contribution in [2.75, 3.05) is 25.4 Å². The quantitative estimate of drug-likeness (QED) is 0.801. The van der Waals surface area contributed by atoms with Crippen molar-refractivity contribution in [2.24, 2.45) is 5.73 Å². The third kappa shape index (κ3) is 4.24. The highest BCUT2D eigenvalue weighted by Crippen LogP contribution is 2.19. The summed E-state index contributed by atoms with van der Waals surface area (Å²) in [5.41, 5.74) is 7.63. The molecule has 1 aromatic rings. The van der Waals surface area contributed by atoms with E-state index in [2.05, 4.69) is 16.6 Å². The van der Waals surface area contributed by atoms with Gasteiger partial charge in [-0.05, 0) is 30.2 Å². The molecule has 0 aliphatic rings. The largest absolute Gasteiger partial charge is 0.320 e. The number of hydrogen-bond donors (Lipinski definition) is 2. The monoisotopic (exact) mass is 281 g/mol. The zero-order valence-electron chi connectivity index (χ0n) is 11.4. The molecule has 0 aromatic heterocycles. The van der Waals surface area contributed by atoms with Crippen LogP contribution in [0.2, 0.25) is 0 Å². The summed E-state index contributed by atoms with van der Waals surface area (Å²) in [5, 5.41) is 0. The number of rotatable bonds is 4. The first-order chi connectivity index (χ1) is 8.90. The molecule has 0 aliphatic carbocycles. The molecule has 1 rings (SSSR count). The molecule has 0 saturated carbocycles. The fraction of sp³-hybridized carbons (Fsp3) is 0.385. The number of anilines is 1. The summed E-state index contributed by atoms with van der Waals surface area (Å²) in [7, 11) is -0.524. The molecule has 0 fully saturated rings. The Morgan fingerprint density at radius 2 is 2.05 bits per heavy atom. The minimum absolute atomic E-state index is 0.302. The summed E-state index contributed by atoms with van der Waals surface area (Å²) in [6, 6.07) is 5.37. The molecule has 3 N–H and O–H groups in total. The van der Waals surface area contributed by atoms with Gasteiger partial charge in [-0.15, -0.1) is 0 Å². The van der Waals surface area contributed by atoms with Gasteiger partial charge in [0, 0.05) is 19.7 Å². The molecule has 1 aromatic carbocycles. The molecule has 104 valence electrons. The van der Waals surface area contributed by atoms with Crippen LogP contribution in [-0.4, -0.2) is 33.4 Å². The maximum absolute atomic E-state index is 11.8. The number of aryl methyl sites for hydroxylation is 1. The maximum atomic E-state index is 11.8. The summed E-state index contributed by atoms with van der Waals surface area (Å²) in [6.45, 7) is 2.26. The first-order valence-electron chi connectivity index (χ1n) is 5.92. The van der Waals surface area contributed by atoms with Crippen LogP contribution in [0.1, 0.15) is 18.1 Å². The standard InChI is InChI=1S/C13H19N3O2S/c1-4-12-10-11(6-5-9-14)7-8-13(12)15-19(17,18)16(2)3/h7-8,10,15H,4,9,14H2,1-3H3. The molecule has 0 radical (unpaired) electrons. The van der Waals surface area contributed by atoms with Crippen molar-refractivity contribution in [1.29, 1.82) is 0 Å². The molecule has 0 saturated heterocycles. The van der Waals surface area contributed by atoms with E-state index in [-0.39, 0.29) is 0 Å². The SMILES string of the molecule is CCc1cc(C#CCN)ccc1NS(=O)(=O)N(C)C. The van der Waals surface area contributed by atoms with Crippen LogP contribution in [0.3, 0.4) is 0 Å². The lowest BCUT2D eigenvalue weighted by molar-refractivity contribution is 0.526. The van der Waals surface area contributed by atoms with E-state index in [1.165, 1.54) is 14.1 Å². The van der Waals surface area contributed by atoms with E-state index in [0.29, 0.717) is 18.7 Å². The van der Waals surface area contributed by atoms with E-state index in [9.17, 15) is 8.42 Å². The molecule has 5 nitrogen and oxygen atoms in total. The number of hydrogen-bond acceptors (Lipinski definition) is 3. The topological polar surface area (TPSA) is 75.4 Å². The molecule has 0 heterocycles. The fourth-order valence-electron chi connectivity index (χ4n) is 1.45. The lowest BCUT2D eigenvalue weighted by atomic mass is 10.1. The second-order valence-electron chi connectivity index (χ2n) is 4.12. The van der Waals surface area contributed by atoms with Crippen LogP contribution in [0.4, 0.5) is 5.69 Å². The first-order valence-corrected chi connectivity index (χ1v) is 7.37. The Hall–Kier alpha value is -1.55. The van der Waals surface area contributed by atoms with Crippen LogP contribution in [0, 0.1) is 11.8 Å². The smallest absolute Gasteiger partial charge is 0.301 e. The van der Waals surface area contributed by atoms with Crippen molar-refractivity contribution in [3.63, 3.8) is 0 Å². The van der Waals surface area contributed by atoms with Gasteiger partial charge in [0.05, 0.1) is 12.2 Å². The van der Waals surface area contributed by atoms with E-state index in [4.69, 9.17) is 5.73 Å². The zero-order valence-corrected chi connectivity index (χ0v) is 12.2. The van der Waals surface area contributed by atoms with Crippen LogP contribution in [0.25, 0.3) is 0 Å². The van der Waals surface area contributed by atoms with Crippen LogP contribution in [-0.2, 0) is 16.6 Å². The Morgan fingerprint density at radius 1 is 1.37 bits per heavy atom. The van der Waals surface area contributed by atoms with Gasteiger partial charge in [0.1, 0.15) is 0 Å². The van der Waals surface area contributed by atoms with E-state index >= 15 is 0 Å². The van der Waals surface area contributed by atoms with Gasteiger partial charge in [0.2, 0.25) is 0 Å². The highest BCUT2D eigenvalue weighted by atomic mass is 32.2. The highest BCUT2D eigenvalue weighted by Gasteiger charge is 2.14. The Kier molecular flexibility index (Phi) is 5.36. The number of nitrogens with two attached hydrogens (primary N) is 1. The average molecular weight is 281 g/mol. The lowest BCUT2D eigenvalue weighted by Gasteiger charge is -2.16. The van der Waals surface area contributed by atoms with Crippen molar-refractivity contribution >= 4 is 15.9 Å². The second-order valence-corrected chi connectivity index (χ2v) is 6.01. The summed E-state index contributed by atoms with van der Waals surface area (Å²) >= 11 is 0. The Morgan fingerprint density at radius 3 is 2.58 bits per heavy atom. The van der Waals surface area contributed by atoms with Crippen molar-refractivity contribution in [3.05, 3.63) is 29.3 Å². The highest BCUT2D eigenvalue weighted by molar-refractivity contribution is 7.90. The Balaban J connectivity index is 3.10. The van der Waals surface area contributed by atoms with Gasteiger partial charge in [0.15, 0.2) is 0 Å². The van der Waals surface area contributed by atoms with E-state index in [1.54, 1.807) is 12.1 Å². The minimum Gasteiger partial charge on any atom is -0.320 e.